The number of ether oxygens (including phenoxy) is 1. The van der Waals surface area contributed by atoms with Gasteiger partial charge in [0.05, 0.1) is 12.7 Å². The molecule has 0 spiro atoms. The fourth-order valence-electron chi connectivity index (χ4n) is 1.98. The van der Waals surface area contributed by atoms with E-state index < -0.39 is 0 Å². The SMILES string of the molecule is Cn1nccc1CCOC1CC(CN)C1. The van der Waals surface area contributed by atoms with Crippen LogP contribution in [-0.4, -0.2) is 29.0 Å². The Kier molecular flexibility index (Phi) is 3.38. The second-order valence-electron chi connectivity index (χ2n) is 4.26. The number of nitrogens with zero attached hydrogens (tertiary/aromatic N) is 2. The highest BCUT2D eigenvalue weighted by Crippen LogP contribution is 2.28. The van der Waals surface area contributed by atoms with Crippen LogP contribution in [0, 0.1) is 5.92 Å². The topological polar surface area (TPSA) is 53.1 Å². The van der Waals surface area contributed by atoms with E-state index in [0.29, 0.717) is 12.0 Å². The number of nitrogens with two attached hydrogens (primary N) is 1. The fourth-order valence-corrected chi connectivity index (χ4v) is 1.98. The van der Waals surface area contributed by atoms with Gasteiger partial charge in [-0.1, -0.05) is 0 Å². The first kappa shape index (κ1) is 10.6. The number of rotatable bonds is 5. The highest BCUT2D eigenvalue weighted by Gasteiger charge is 2.28. The second kappa shape index (κ2) is 4.77. The van der Waals surface area contributed by atoms with Crippen LogP contribution in [-0.2, 0) is 18.2 Å². The molecule has 0 aliphatic heterocycles. The summed E-state index contributed by atoms with van der Waals surface area (Å²) in [6.45, 7) is 1.60. The first-order valence-corrected chi connectivity index (χ1v) is 5.58. The number of hydrogen-bond acceptors (Lipinski definition) is 3. The van der Waals surface area contributed by atoms with Crippen LogP contribution in [0.2, 0.25) is 0 Å². The molecule has 1 heterocycles. The molecule has 15 heavy (non-hydrogen) atoms. The largest absolute Gasteiger partial charge is 0.378 e. The predicted molar refractivity (Wildman–Crippen MR) is 58.4 cm³/mol. The molecule has 4 heteroatoms. The van der Waals surface area contributed by atoms with Crippen molar-refractivity contribution < 1.29 is 4.74 Å². The summed E-state index contributed by atoms with van der Waals surface area (Å²) in [4.78, 5) is 0. The highest BCUT2D eigenvalue weighted by molar-refractivity contribution is 4.99. The van der Waals surface area contributed by atoms with E-state index >= 15 is 0 Å². The summed E-state index contributed by atoms with van der Waals surface area (Å²) in [5, 5.41) is 4.12. The lowest BCUT2D eigenvalue weighted by atomic mass is 9.82. The Hall–Kier alpha value is -0.870. The minimum absolute atomic E-state index is 0.451. The van der Waals surface area contributed by atoms with Crippen molar-refractivity contribution in [2.75, 3.05) is 13.2 Å². The molecule has 0 atom stereocenters. The third kappa shape index (κ3) is 2.58. The summed E-state index contributed by atoms with van der Waals surface area (Å²) in [6, 6.07) is 2.03. The van der Waals surface area contributed by atoms with Gasteiger partial charge in [-0.25, -0.2) is 0 Å². The molecule has 0 bridgehead atoms. The zero-order valence-corrected chi connectivity index (χ0v) is 9.22. The zero-order valence-electron chi connectivity index (χ0n) is 9.22. The number of aromatic nitrogens is 2. The maximum Gasteiger partial charge on any atom is 0.0581 e. The van der Waals surface area contributed by atoms with Crippen LogP contribution in [0.25, 0.3) is 0 Å². The van der Waals surface area contributed by atoms with Gasteiger partial charge in [0, 0.05) is 25.4 Å². The Morgan fingerprint density at radius 1 is 1.60 bits per heavy atom. The van der Waals surface area contributed by atoms with Crippen molar-refractivity contribution in [3.8, 4) is 0 Å². The predicted octanol–water partition coefficient (Wildman–Crippen LogP) is 0.716. The Labute approximate surface area is 90.4 Å². The molecular weight excluding hydrogens is 190 g/mol. The maximum atomic E-state index is 5.74. The number of hydrogen-bond donors (Lipinski definition) is 1. The van der Waals surface area contributed by atoms with Gasteiger partial charge >= 0.3 is 0 Å². The van der Waals surface area contributed by atoms with Gasteiger partial charge in [0.25, 0.3) is 0 Å². The third-order valence-corrected chi connectivity index (χ3v) is 3.16. The van der Waals surface area contributed by atoms with Crippen LogP contribution in [0.1, 0.15) is 18.5 Å². The van der Waals surface area contributed by atoms with E-state index in [1.807, 2.05) is 24.0 Å². The Morgan fingerprint density at radius 2 is 2.40 bits per heavy atom. The van der Waals surface area contributed by atoms with E-state index in [-0.39, 0.29) is 0 Å². The van der Waals surface area contributed by atoms with Gasteiger partial charge in [0.1, 0.15) is 0 Å². The van der Waals surface area contributed by atoms with Crippen LogP contribution >= 0.6 is 0 Å². The maximum absolute atomic E-state index is 5.74. The summed E-state index contributed by atoms with van der Waals surface area (Å²) in [5.74, 6) is 0.701. The Morgan fingerprint density at radius 3 is 3.00 bits per heavy atom. The Balaban J connectivity index is 1.62. The van der Waals surface area contributed by atoms with Crippen molar-refractivity contribution in [1.29, 1.82) is 0 Å². The van der Waals surface area contributed by atoms with Crippen molar-refractivity contribution in [1.82, 2.24) is 9.78 Å². The van der Waals surface area contributed by atoms with E-state index in [9.17, 15) is 0 Å². The van der Waals surface area contributed by atoms with Crippen LogP contribution in [0.15, 0.2) is 12.3 Å². The number of aryl methyl sites for hydroxylation is 1. The van der Waals surface area contributed by atoms with Gasteiger partial charge in [-0.2, -0.15) is 5.10 Å². The van der Waals surface area contributed by atoms with Crippen molar-refractivity contribution in [3.05, 3.63) is 18.0 Å². The van der Waals surface area contributed by atoms with Crippen LogP contribution in [0.4, 0.5) is 0 Å². The lowest BCUT2D eigenvalue weighted by molar-refractivity contribution is -0.0267. The molecule has 1 aromatic rings. The third-order valence-electron chi connectivity index (χ3n) is 3.16. The summed E-state index contributed by atoms with van der Waals surface area (Å²) in [6.07, 6.45) is 5.50. The van der Waals surface area contributed by atoms with Gasteiger partial charge in [0.2, 0.25) is 0 Å². The van der Waals surface area contributed by atoms with Gasteiger partial charge in [-0.05, 0) is 31.4 Å². The van der Waals surface area contributed by atoms with Gasteiger partial charge in [-0.15, -0.1) is 0 Å². The normalized spacial score (nSPS) is 25.2. The molecule has 2 rings (SSSR count). The van der Waals surface area contributed by atoms with E-state index in [0.717, 1.165) is 32.4 Å². The lowest BCUT2D eigenvalue weighted by Crippen LogP contribution is -2.36. The molecule has 1 aromatic heterocycles. The lowest BCUT2D eigenvalue weighted by Gasteiger charge is -2.34. The van der Waals surface area contributed by atoms with E-state index in [4.69, 9.17) is 10.5 Å². The van der Waals surface area contributed by atoms with Crippen molar-refractivity contribution in [3.63, 3.8) is 0 Å². The molecule has 1 aliphatic carbocycles. The van der Waals surface area contributed by atoms with Crippen molar-refractivity contribution >= 4 is 0 Å². The van der Waals surface area contributed by atoms with Crippen molar-refractivity contribution in [2.24, 2.45) is 18.7 Å². The molecule has 0 amide bonds. The standard InChI is InChI=1S/C11H19N3O/c1-14-10(2-4-13-14)3-5-15-11-6-9(7-11)8-12/h2,4,9,11H,3,5-8,12H2,1H3. The molecule has 0 saturated heterocycles. The van der Waals surface area contributed by atoms with Crippen LogP contribution in [0.3, 0.4) is 0 Å². The first-order chi connectivity index (χ1) is 7.29. The average molecular weight is 209 g/mol. The molecule has 1 saturated carbocycles. The first-order valence-electron chi connectivity index (χ1n) is 5.58. The van der Waals surface area contributed by atoms with E-state index in [1.165, 1.54) is 5.69 Å². The smallest absolute Gasteiger partial charge is 0.0581 e. The Bertz CT molecular complexity index is 305. The molecule has 4 nitrogen and oxygen atoms in total. The van der Waals surface area contributed by atoms with Gasteiger partial charge in [0.15, 0.2) is 0 Å². The summed E-state index contributed by atoms with van der Waals surface area (Å²) < 4.78 is 7.64. The molecule has 2 N–H and O–H groups in total. The van der Waals surface area contributed by atoms with Gasteiger partial charge < -0.3 is 10.5 Å². The molecule has 1 aliphatic rings. The molecule has 0 radical (unpaired) electrons. The highest BCUT2D eigenvalue weighted by atomic mass is 16.5. The van der Waals surface area contributed by atoms with Crippen molar-refractivity contribution in [2.45, 2.75) is 25.4 Å². The zero-order chi connectivity index (χ0) is 10.7. The molecule has 1 fully saturated rings. The van der Waals surface area contributed by atoms with Crippen LogP contribution < -0.4 is 5.73 Å². The molecule has 0 unspecified atom stereocenters. The molecule has 0 aromatic carbocycles. The molecular formula is C11H19N3O. The monoisotopic (exact) mass is 209 g/mol. The van der Waals surface area contributed by atoms with Gasteiger partial charge in [-0.3, -0.25) is 4.68 Å². The van der Waals surface area contributed by atoms with Crippen LogP contribution in [0.5, 0.6) is 0 Å². The average Bonchev–Trinajstić information content (AvgIpc) is 2.56. The summed E-state index contributed by atoms with van der Waals surface area (Å²) >= 11 is 0. The molecule has 84 valence electrons. The van der Waals surface area contributed by atoms with E-state index in [1.54, 1.807) is 0 Å². The summed E-state index contributed by atoms with van der Waals surface area (Å²) in [7, 11) is 1.96. The summed E-state index contributed by atoms with van der Waals surface area (Å²) in [5.41, 5.74) is 6.78. The quantitative estimate of drug-likeness (QED) is 0.777. The minimum atomic E-state index is 0.451. The second-order valence-corrected chi connectivity index (χ2v) is 4.26. The van der Waals surface area contributed by atoms with E-state index in [2.05, 4.69) is 5.10 Å². The fraction of sp³-hybridized carbons (Fsp3) is 0.727. The minimum Gasteiger partial charge on any atom is -0.378 e.